The van der Waals surface area contributed by atoms with E-state index in [0.29, 0.717) is 6.54 Å². The number of nitrogens with zero attached hydrogens (tertiary/aromatic N) is 1. The van der Waals surface area contributed by atoms with Crippen LogP contribution in [-0.4, -0.2) is 17.1 Å². The number of carbonyl (C=O) groups is 1. The molecule has 2 atom stereocenters. The third kappa shape index (κ3) is 3.32. The Kier molecular flexibility index (Phi) is 4.36. The highest BCUT2D eigenvalue weighted by Gasteiger charge is 2.27. The lowest BCUT2D eigenvalue weighted by Gasteiger charge is -2.23. The summed E-state index contributed by atoms with van der Waals surface area (Å²) in [5, 5.41) is 7.34. The van der Waals surface area contributed by atoms with Crippen molar-refractivity contribution in [3.63, 3.8) is 0 Å². The van der Waals surface area contributed by atoms with Gasteiger partial charge in [0.1, 0.15) is 5.76 Å². The molecule has 18 heavy (non-hydrogen) atoms. The Balaban J connectivity index is 1.94. The van der Waals surface area contributed by atoms with Gasteiger partial charge in [-0.25, -0.2) is 0 Å². The van der Waals surface area contributed by atoms with Gasteiger partial charge in [-0.15, -0.1) is 0 Å². The van der Waals surface area contributed by atoms with Crippen molar-refractivity contribution < 1.29 is 9.32 Å². The second kappa shape index (κ2) is 6.00. The number of aromatic nitrogens is 1. The average Bonchev–Trinajstić information content (AvgIpc) is 2.62. The number of nitrogens with two attached hydrogens (primary N) is 1. The molecule has 100 valence electrons. The van der Waals surface area contributed by atoms with Crippen molar-refractivity contribution >= 4 is 5.91 Å². The highest BCUT2D eigenvalue weighted by atomic mass is 16.5. The van der Waals surface area contributed by atoms with Gasteiger partial charge in [-0.3, -0.25) is 4.79 Å². The standard InChI is InChI=1S/C13H21N3O2/c1-9-7-10(16-18-9)8-15-12-6-4-2-3-5-11(12)13(14)17/h7,11-12,15H,2-6,8H2,1H3,(H2,14,17)/t11-,12+/m1/s1. The molecule has 1 aliphatic rings. The van der Waals surface area contributed by atoms with Gasteiger partial charge in [-0.05, 0) is 19.8 Å². The maximum Gasteiger partial charge on any atom is 0.222 e. The number of aryl methyl sites for hydroxylation is 1. The molecule has 0 saturated heterocycles. The van der Waals surface area contributed by atoms with Crippen molar-refractivity contribution in [2.45, 2.75) is 51.6 Å². The molecule has 1 saturated carbocycles. The Morgan fingerprint density at radius 2 is 2.28 bits per heavy atom. The van der Waals surface area contributed by atoms with Gasteiger partial charge in [0.05, 0.1) is 11.6 Å². The van der Waals surface area contributed by atoms with Crippen LogP contribution in [0.3, 0.4) is 0 Å². The van der Waals surface area contributed by atoms with Crippen LogP contribution in [0.5, 0.6) is 0 Å². The lowest BCUT2D eigenvalue weighted by Crippen LogP contribution is -2.41. The van der Waals surface area contributed by atoms with Crippen molar-refractivity contribution in [2.75, 3.05) is 0 Å². The van der Waals surface area contributed by atoms with Crippen molar-refractivity contribution in [1.82, 2.24) is 10.5 Å². The largest absolute Gasteiger partial charge is 0.369 e. The molecule has 1 aromatic rings. The molecule has 3 N–H and O–H groups in total. The fourth-order valence-corrected chi connectivity index (χ4v) is 2.63. The van der Waals surface area contributed by atoms with Crippen LogP contribution in [0.1, 0.15) is 43.6 Å². The van der Waals surface area contributed by atoms with E-state index in [0.717, 1.165) is 37.1 Å². The van der Waals surface area contributed by atoms with E-state index in [1.165, 1.54) is 6.42 Å². The minimum absolute atomic E-state index is 0.0551. The number of amides is 1. The molecular formula is C13H21N3O2. The first-order valence-electron chi connectivity index (χ1n) is 6.61. The first-order valence-corrected chi connectivity index (χ1v) is 6.61. The van der Waals surface area contributed by atoms with Crippen LogP contribution in [0.4, 0.5) is 0 Å². The van der Waals surface area contributed by atoms with E-state index < -0.39 is 0 Å². The molecule has 1 fully saturated rings. The Labute approximate surface area is 107 Å². The van der Waals surface area contributed by atoms with Crippen LogP contribution in [0.25, 0.3) is 0 Å². The minimum atomic E-state index is -0.189. The molecule has 0 aromatic carbocycles. The van der Waals surface area contributed by atoms with Gasteiger partial charge in [0, 0.05) is 18.7 Å². The molecule has 1 aromatic heterocycles. The highest BCUT2D eigenvalue weighted by molar-refractivity contribution is 5.77. The molecule has 0 unspecified atom stereocenters. The Hall–Kier alpha value is -1.36. The van der Waals surface area contributed by atoms with Crippen molar-refractivity contribution in [3.05, 3.63) is 17.5 Å². The van der Waals surface area contributed by atoms with E-state index in [9.17, 15) is 4.79 Å². The van der Waals surface area contributed by atoms with Gasteiger partial charge in [-0.2, -0.15) is 0 Å². The average molecular weight is 251 g/mol. The molecule has 1 heterocycles. The Bertz CT molecular complexity index is 403. The number of rotatable bonds is 4. The number of nitrogens with one attached hydrogen (secondary N) is 1. The van der Waals surface area contributed by atoms with Crippen LogP contribution in [0.2, 0.25) is 0 Å². The normalized spacial score (nSPS) is 24.7. The number of primary amides is 1. The molecular weight excluding hydrogens is 230 g/mol. The predicted octanol–water partition coefficient (Wildman–Crippen LogP) is 1.51. The first kappa shape index (κ1) is 13.1. The maximum atomic E-state index is 11.5. The number of hydrogen-bond donors (Lipinski definition) is 2. The third-order valence-electron chi connectivity index (χ3n) is 3.60. The zero-order chi connectivity index (χ0) is 13.0. The van der Waals surface area contributed by atoms with Crippen LogP contribution in [0, 0.1) is 12.8 Å². The quantitative estimate of drug-likeness (QED) is 0.795. The Morgan fingerprint density at radius 1 is 1.50 bits per heavy atom. The highest BCUT2D eigenvalue weighted by Crippen LogP contribution is 2.23. The van der Waals surface area contributed by atoms with Gasteiger partial charge < -0.3 is 15.6 Å². The molecule has 0 spiro atoms. The molecule has 1 aliphatic carbocycles. The maximum absolute atomic E-state index is 11.5. The monoisotopic (exact) mass is 251 g/mol. The first-order chi connectivity index (χ1) is 8.66. The van der Waals surface area contributed by atoms with Crippen molar-refractivity contribution in [2.24, 2.45) is 11.7 Å². The van der Waals surface area contributed by atoms with Crippen molar-refractivity contribution in [1.29, 1.82) is 0 Å². The zero-order valence-corrected chi connectivity index (χ0v) is 10.8. The summed E-state index contributed by atoms with van der Waals surface area (Å²) in [5.74, 6) is 0.561. The lowest BCUT2D eigenvalue weighted by molar-refractivity contribution is -0.122. The van der Waals surface area contributed by atoms with Gasteiger partial charge in [0.2, 0.25) is 5.91 Å². The summed E-state index contributed by atoms with van der Waals surface area (Å²) in [5.41, 5.74) is 6.36. The summed E-state index contributed by atoms with van der Waals surface area (Å²) < 4.78 is 5.02. The SMILES string of the molecule is Cc1cc(CN[C@H]2CCCCC[C@H]2C(N)=O)no1. The van der Waals surface area contributed by atoms with E-state index in [2.05, 4.69) is 10.5 Å². The third-order valence-corrected chi connectivity index (χ3v) is 3.60. The lowest BCUT2D eigenvalue weighted by atomic mass is 9.94. The van der Waals surface area contributed by atoms with E-state index in [1.54, 1.807) is 0 Å². The minimum Gasteiger partial charge on any atom is -0.369 e. The number of hydrogen-bond acceptors (Lipinski definition) is 4. The molecule has 5 heteroatoms. The second-order valence-corrected chi connectivity index (χ2v) is 5.06. The van der Waals surface area contributed by atoms with Crippen LogP contribution < -0.4 is 11.1 Å². The van der Waals surface area contributed by atoms with Gasteiger partial charge in [0.25, 0.3) is 0 Å². The molecule has 0 aliphatic heterocycles. The molecule has 1 amide bonds. The molecule has 5 nitrogen and oxygen atoms in total. The fourth-order valence-electron chi connectivity index (χ4n) is 2.63. The van der Waals surface area contributed by atoms with E-state index in [-0.39, 0.29) is 17.9 Å². The predicted molar refractivity (Wildman–Crippen MR) is 67.6 cm³/mol. The van der Waals surface area contributed by atoms with Crippen LogP contribution in [0.15, 0.2) is 10.6 Å². The van der Waals surface area contributed by atoms with Crippen LogP contribution >= 0.6 is 0 Å². The van der Waals surface area contributed by atoms with E-state index in [4.69, 9.17) is 10.3 Å². The summed E-state index contributed by atoms with van der Waals surface area (Å²) >= 11 is 0. The van der Waals surface area contributed by atoms with Crippen molar-refractivity contribution in [3.8, 4) is 0 Å². The fraction of sp³-hybridized carbons (Fsp3) is 0.692. The van der Waals surface area contributed by atoms with Gasteiger partial charge in [0.15, 0.2) is 0 Å². The Morgan fingerprint density at radius 3 is 2.94 bits per heavy atom. The second-order valence-electron chi connectivity index (χ2n) is 5.06. The van der Waals surface area contributed by atoms with E-state index in [1.807, 2.05) is 13.0 Å². The smallest absolute Gasteiger partial charge is 0.222 e. The topological polar surface area (TPSA) is 81.1 Å². The summed E-state index contributed by atoms with van der Waals surface area (Å²) in [6.45, 7) is 2.50. The molecule has 0 bridgehead atoms. The summed E-state index contributed by atoms with van der Waals surface area (Å²) in [6.07, 6.45) is 5.33. The molecule has 0 radical (unpaired) electrons. The van der Waals surface area contributed by atoms with Crippen LogP contribution in [-0.2, 0) is 11.3 Å². The molecule has 2 rings (SSSR count). The summed E-state index contributed by atoms with van der Waals surface area (Å²) in [7, 11) is 0. The zero-order valence-electron chi connectivity index (χ0n) is 10.8. The van der Waals surface area contributed by atoms with Gasteiger partial charge in [-0.1, -0.05) is 24.4 Å². The summed E-state index contributed by atoms with van der Waals surface area (Å²) in [6, 6.07) is 2.07. The summed E-state index contributed by atoms with van der Waals surface area (Å²) in [4.78, 5) is 11.5. The van der Waals surface area contributed by atoms with E-state index >= 15 is 0 Å². The van der Waals surface area contributed by atoms with Gasteiger partial charge >= 0.3 is 0 Å². The number of carbonyl (C=O) groups excluding carboxylic acids is 1.